The van der Waals surface area contributed by atoms with Gasteiger partial charge in [0.05, 0.1) is 5.92 Å². The largest absolute Gasteiger partial charge is 0.480 e. The van der Waals surface area contributed by atoms with Gasteiger partial charge in [-0.05, 0) is 32.6 Å². The van der Waals surface area contributed by atoms with Crippen LogP contribution in [0.25, 0.3) is 0 Å². The fraction of sp³-hybridized carbons (Fsp3) is 0.824. The minimum absolute atomic E-state index is 0.0338. The smallest absolute Gasteiger partial charge is 0.323 e. The summed E-state index contributed by atoms with van der Waals surface area (Å²) in [6.07, 6.45) is 3.00. The molecule has 0 aromatic carbocycles. The summed E-state index contributed by atoms with van der Waals surface area (Å²) in [5, 5.41) is 9.06. The highest BCUT2D eigenvalue weighted by molar-refractivity contribution is 5.85. The first-order valence-electron chi connectivity index (χ1n) is 8.62. The lowest BCUT2D eigenvalue weighted by Crippen LogP contribution is -2.51. The van der Waals surface area contributed by atoms with Crippen molar-refractivity contribution in [1.29, 1.82) is 0 Å². The number of carbonyl (C=O) groups excluding carboxylic acids is 2. The van der Waals surface area contributed by atoms with Gasteiger partial charge in [0, 0.05) is 25.0 Å². The molecule has 1 fully saturated rings. The summed E-state index contributed by atoms with van der Waals surface area (Å²) >= 11 is 0. The van der Waals surface area contributed by atoms with Crippen LogP contribution in [0.1, 0.15) is 53.4 Å². The zero-order valence-electron chi connectivity index (χ0n) is 14.7. The van der Waals surface area contributed by atoms with E-state index in [1.807, 2.05) is 27.7 Å². The number of amides is 2. The first kappa shape index (κ1) is 19.5. The minimum Gasteiger partial charge on any atom is -0.480 e. The molecule has 1 aliphatic heterocycles. The lowest BCUT2D eigenvalue weighted by atomic mass is 9.94. The number of carbonyl (C=O) groups is 3. The molecule has 0 bridgehead atoms. The Labute approximate surface area is 138 Å². The van der Waals surface area contributed by atoms with Crippen molar-refractivity contribution in [3.8, 4) is 0 Å². The van der Waals surface area contributed by atoms with Gasteiger partial charge in [-0.25, -0.2) is 0 Å². The predicted molar refractivity (Wildman–Crippen MR) is 87.9 cm³/mol. The molecule has 1 rings (SSSR count). The van der Waals surface area contributed by atoms with E-state index in [9.17, 15) is 14.4 Å². The first-order valence-corrected chi connectivity index (χ1v) is 8.62. The van der Waals surface area contributed by atoms with E-state index in [0.717, 1.165) is 19.3 Å². The molecule has 0 aromatic rings. The lowest BCUT2D eigenvalue weighted by Gasteiger charge is -2.37. The fourth-order valence-electron chi connectivity index (χ4n) is 2.92. The van der Waals surface area contributed by atoms with E-state index < -0.39 is 5.97 Å². The standard InChI is InChI=1S/C17H30N2O4/c1-5-12(3)16(22)18-9-7-8-14(10-18)17(23)19(11-15(20)21)13(4)6-2/h12-14H,5-11H2,1-4H3,(H,20,21). The summed E-state index contributed by atoms with van der Waals surface area (Å²) in [5.74, 6) is -1.36. The SMILES string of the molecule is CCC(C)C(=O)N1CCCC(C(=O)N(CC(=O)O)C(C)CC)C1. The van der Waals surface area contributed by atoms with Gasteiger partial charge in [-0.15, -0.1) is 0 Å². The molecule has 1 N–H and O–H groups in total. The highest BCUT2D eigenvalue weighted by atomic mass is 16.4. The van der Waals surface area contributed by atoms with Crippen LogP contribution in [0.2, 0.25) is 0 Å². The molecule has 0 saturated carbocycles. The summed E-state index contributed by atoms with van der Waals surface area (Å²) < 4.78 is 0. The van der Waals surface area contributed by atoms with E-state index in [2.05, 4.69) is 0 Å². The van der Waals surface area contributed by atoms with Gasteiger partial charge in [0.15, 0.2) is 0 Å². The van der Waals surface area contributed by atoms with Gasteiger partial charge in [-0.1, -0.05) is 20.8 Å². The van der Waals surface area contributed by atoms with Crippen LogP contribution < -0.4 is 0 Å². The molecule has 6 heteroatoms. The molecule has 3 unspecified atom stereocenters. The van der Waals surface area contributed by atoms with Crippen LogP contribution >= 0.6 is 0 Å². The molecule has 132 valence electrons. The number of aliphatic carboxylic acids is 1. The third-order valence-electron chi connectivity index (χ3n) is 4.83. The van der Waals surface area contributed by atoms with Crippen molar-refractivity contribution >= 4 is 17.8 Å². The maximum atomic E-state index is 12.8. The van der Waals surface area contributed by atoms with Gasteiger partial charge >= 0.3 is 5.97 Å². The zero-order chi connectivity index (χ0) is 17.6. The van der Waals surface area contributed by atoms with Crippen LogP contribution in [0.5, 0.6) is 0 Å². The zero-order valence-corrected chi connectivity index (χ0v) is 14.7. The van der Waals surface area contributed by atoms with Gasteiger partial charge in [0.25, 0.3) is 0 Å². The van der Waals surface area contributed by atoms with E-state index in [4.69, 9.17) is 5.11 Å². The number of carboxylic acids is 1. The molecule has 23 heavy (non-hydrogen) atoms. The molecule has 2 amide bonds. The average molecular weight is 326 g/mol. The van der Waals surface area contributed by atoms with Crippen LogP contribution in [0, 0.1) is 11.8 Å². The number of nitrogens with zero attached hydrogens (tertiary/aromatic N) is 2. The number of piperidine rings is 1. The molecule has 0 radical (unpaired) electrons. The van der Waals surface area contributed by atoms with Gasteiger partial charge in [0.2, 0.25) is 11.8 Å². The van der Waals surface area contributed by atoms with Crippen molar-refractivity contribution in [2.24, 2.45) is 11.8 Å². The number of carboxylic acid groups (broad SMARTS) is 1. The second kappa shape index (κ2) is 8.89. The lowest BCUT2D eigenvalue weighted by molar-refractivity contribution is -0.150. The third kappa shape index (κ3) is 5.22. The Morgan fingerprint density at radius 1 is 1.22 bits per heavy atom. The van der Waals surface area contributed by atoms with Gasteiger partial charge in [0.1, 0.15) is 6.54 Å². The summed E-state index contributed by atoms with van der Waals surface area (Å²) in [7, 11) is 0. The normalized spacial score (nSPS) is 20.7. The monoisotopic (exact) mass is 326 g/mol. The van der Waals surface area contributed by atoms with Crippen molar-refractivity contribution in [2.45, 2.75) is 59.4 Å². The highest BCUT2D eigenvalue weighted by Gasteiger charge is 2.34. The molecule has 1 saturated heterocycles. The molecule has 1 heterocycles. The second-order valence-electron chi connectivity index (χ2n) is 6.55. The van der Waals surface area contributed by atoms with Crippen LogP contribution in [0.15, 0.2) is 0 Å². The van der Waals surface area contributed by atoms with Crippen LogP contribution in [-0.2, 0) is 14.4 Å². The summed E-state index contributed by atoms with van der Waals surface area (Å²) in [6, 6.07) is -0.112. The van der Waals surface area contributed by atoms with Gasteiger partial charge < -0.3 is 14.9 Å². The van der Waals surface area contributed by atoms with E-state index in [1.165, 1.54) is 4.90 Å². The van der Waals surface area contributed by atoms with Crippen molar-refractivity contribution in [3.05, 3.63) is 0 Å². The number of hydrogen-bond donors (Lipinski definition) is 1. The molecule has 0 aromatic heterocycles. The fourth-order valence-corrected chi connectivity index (χ4v) is 2.92. The van der Waals surface area contributed by atoms with E-state index >= 15 is 0 Å². The molecular formula is C17H30N2O4. The summed E-state index contributed by atoms with van der Waals surface area (Å²) in [4.78, 5) is 39.4. The van der Waals surface area contributed by atoms with Crippen LogP contribution in [0.4, 0.5) is 0 Å². The molecule has 3 atom stereocenters. The Morgan fingerprint density at radius 2 is 1.87 bits per heavy atom. The van der Waals surface area contributed by atoms with Crippen LogP contribution in [-0.4, -0.2) is 58.4 Å². The van der Waals surface area contributed by atoms with E-state index in [-0.39, 0.29) is 36.2 Å². The maximum absolute atomic E-state index is 12.8. The van der Waals surface area contributed by atoms with E-state index in [0.29, 0.717) is 19.5 Å². The van der Waals surface area contributed by atoms with Crippen molar-refractivity contribution in [1.82, 2.24) is 9.80 Å². The molecular weight excluding hydrogens is 296 g/mol. The van der Waals surface area contributed by atoms with Crippen molar-refractivity contribution in [3.63, 3.8) is 0 Å². The van der Waals surface area contributed by atoms with Crippen molar-refractivity contribution < 1.29 is 19.5 Å². The second-order valence-corrected chi connectivity index (χ2v) is 6.55. The number of hydrogen-bond acceptors (Lipinski definition) is 3. The Balaban J connectivity index is 2.80. The maximum Gasteiger partial charge on any atom is 0.323 e. The first-order chi connectivity index (χ1) is 10.8. The van der Waals surface area contributed by atoms with E-state index in [1.54, 1.807) is 4.90 Å². The Morgan fingerprint density at radius 3 is 2.39 bits per heavy atom. The number of rotatable bonds is 7. The number of likely N-dealkylation sites (tertiary alicyclic amines) is 1. The topological polar surface area (TPSA) is 77.9 Å². The minimum atomic E-state index is -0.998. The average Bonchev–Trinajstić information content (AvgIpc) is 2.56. The quantitative estimate of drug-likeness (QED) is 0.776. The van der Waals surface area contributed by atoms with Crippen LogP contribution in [0.3, 0.4) is 0 Å². The summed E-state index contributed by atoms with van der Waals surface area (Å²) in [6.45, 7) is 8.52. The highest BCUT2D eigenvalue weighted by Crippen LogP contribution is 2.22. The Hall–Kier alpha value is -1.59. The Kier molecular flexibility index (Phi) is 7.52. The molecule has 1 aliphatic rings. The molecule has 0 spiro atoms. The Bertz CT molecular complexity index is 438. The van der Waals surface area contributed by atoms with Gasteiger partial charge in [-0.3, -0.25) is 14.4 Å². The molecule has 0 aliphatic carbocycles. The third-order valence-corrected chi connectivity index (χ3v) is 4.83. The predicted octanol–water partition coefficient (Wildman–Crippen LogP) is 1.98. The van der Waals surface area contributed by atoms with Gasteiger partial charge in [-0.2, -0.15) is 0 Å². The van der Waals surface area contributed by atoms with Crippen molar-refractivity contribution in [2.75, 3.05) is 19.6 Å². The molecule has 6 nitrogen and oxygen atoms in total. The summed E-state index contributed by atoms with van der Waals surface area (Å²) in [5.41, 5.74) is 0.